The van der Waals surface area contributed by atoms with Crippen molar-refractivity contribution in [3.8, 4) is 0 Å². The van der Waals surface area contributed by atoms with Crippen molar-refractivity contribution in [2.75, 3.05) is 0 Å². The van der Waals surface area contributed by atoms with Gasteiger partial charge in [-0.15, -0.1) is 4.91 Å². The Morgan fingerprint density at radius 3 is 1.17 bits per heavy atom. The first-order valence-corrected chi connectivity index (χ1v) is 10.2. The van der Waals surface area contributed by atoms with Crippen LogP contribution in [-0.4, -0.2) is 5.91 Å². The van der Waals surface area contributed by atoms with E-state index in [2.05, 4.69) is 12.1 Å². The molecule has 3 heteroatoms. The lowest BCUT2D eigenvalue weighted by Crippen LogP contribution is -1.91. The number of rotatable bonds is 18. The molecule has 0 aliphatic rings. The zero-order valence-corrected chi connectivity index (χ0v) is 15.5. The molecule has 0 saturated heterocycles. The summed E-state index contributed by atoms with van der Waals surface area (Å²) < 4.78 is 0. The predicted octanol–water partition coefficient (Wildman–Crippen LogP) is 7.32. The molecule has 0 aromatic heterocycles. The van der Waals surface area contributed by atoms with Crippen LogP contribution in [0.15, 0.2) is 5.18 Å². The highest BCUT2D eigenvalue weighted by atomic mass is 16.3. The fraction of sp³-hybridized carbons (Fsp3) is 0.950. The SMILES string of the molecule is CCCCCCCCCCCCCCCCCCCC(=O)N=O. The highest BCUT2D eigenvalue weighted by Crippen LogP contribution is 2.14. The number of hydrogen-bond acceptors (Lipinski definition) is 2. The van der Waals surface area contributed by atoms with Gasteiger partial charge >= 0.3 is 0 Å². The van der Waals surface area contributed by atoms with E-state index in [0.717, 1.165) is 12.8 Å². The van der Waals surface area contributed by atoms with Crippen molar-refractivity contribution in [2.24, 2.45) is 5.18 Å². The minimum Gasteiger partial charge on any atom is -0.269 e. The molecule has 0 rings (SSSR count). The lowest BCUT2D eigenvalue weighted by atomic mass is 10.0. The molecule has 0 aliphatic carbocycles. The number of carbonyl (C=O) groups is 1. The summed E-state index contributed by atoms with van der Waals surface area (Å²) in [6, 6.07) is 0. The minimum atomic E-state index is -0.494. The fourth-order valence-electron chi connectivity index (χ4n) is 3.05. The zero-order chi connectivity index (χ0) is 17.0. The van der Waals surface area contributed by atoms with Crippen LogP contribution in [0.5, 0.6) is 0 Å². The minimum absolute atomic E-state index is 0.335. The Morgan fingerprint density at radius 1 is 0.565 bits per heavy atom. The molecule has 0 bridgehead atoms. The first kappa shape index (κ1) is 22.3. The molecule has 0 aliphatic heterocycles. The van der Waals surface area contributed by atoms with Crippen LogP contribution in [-0.2, 0) is 4.79 Å². The van der Waals surface area contributed by atoms with E-state index in [1.54, 1.807) is 0 Å². The van der Waals surface area contributed by atoms with Crippen LogP contribution < -0.4 is 0 Å². The van der Waals surface area contributed by atoms with Crippen LogP contribution in [0.25, 0.3) is 0 Å². The van der Waals surface area contributed by atoms with Crippen molar-refractivity contribution in [1.29, 1.82) is 0 Å². The van der Waals surface area contributed by atoms with Gasteiger partial charge in [0, 0.05) is 11.6 Å². The third-order valence-corrected chi connectivity index (χ3v) is 4.60. The molecule has 23 heavy (non-hydrogen) atoms. The second-order valence-corrected chi connectivity index (χ2v) is 6.89. The lowest BCUT2D eigenvalue weighted by molar-refractivity contribution is -0.118. The monoisotopic (exact) mass is 325 g/mol. The van der Waals surface area contributed by atoms with Crippen molar-refractivity contribution in [1.82, 2.24) is 0 Å². The van der Waals surface area contributed by atoms with Crippen molar-refractivity contribution < 1.29 is 4.79 Å². The highest BCUT2D eigenvalue weighted by Gasteiger charge is 1.99. The normalized spacial score (nSPS) is 10.8. The van der Waals surface area contributed by atoms with Gasteiger partial charge in [0.1, 0.15) is 0 Å². The maximum Gasteiger partial charge on any atom is 0.286 e. The van der Waals surface area contributed by atoms with E-state index in [-0.39, 0.29) is 0 Å². The summed E-state index contributed by atoms with van der Waals surface area (Å²) in [6.07, 6.45) is 22.9. The smallest absolute Gasteiger partial charge is 0.269 e. The summed E-state index contributed by atoms with van der Waals surface area (Å²) >= 11 is 0. The second kappa shape index (κ2) is 19.3. The number of amides is 1. The Balaban J connectivity index is 3.00. The molecule has 0 heterocycles. The van der Waals surface area contributed by atoms with Gasteiger partial charge in [-0.05, 0) is 6.42 Å². The van der Waals surface area contributed by atoms with Crippen LogP contribution in [0.2, 0.25) is 0 Å². The van der Waals surface area contributed by atoms with E-state index in [4.69, 9.17) is 0 Å². The van der Waals surface area contributed by atoms with Gasteiger partial charge in [0.15, 0.2) is 0 Å². The first-order valence-electron chi connectivity index (χ1n) is 10.2. The Labute approximate surface area is 144 Å². The Morgan fingerprint density at radius 2 is 0.870 bits per heavy atom. The number of carbonyl (C=O) groups excluding carboxylic acids is 1. The molecular formula is C20H39NO2. The van der Waals surface area contributed by atoms with Crippen LogP contribution in [0.1, 0.15) is 122 Å². The summed E-state index contributed by atoms with van der Waals surface area (Å²) in [5.74, 6) is -0.494. The van der Waals surface area contributed by atoms with Gasteiger partial charge in [-0.2, -0.15) is 0 Å². The highest BCUT2D eigenvalue weighted by molar-refractivity contribution is 5.76. The van der Waals surface area contributed by atoms with Crippen LogP contribution in [0, 0.1) is 4.91 Å². The molecule has 0 N–H and O–H groups in total. The van der Waals surface area contributed by atoms with Crippen LogP contribution in [0.4, 0.5) is 0 Å². The molecule has 0 unspecified atom stereocenters. The van der Waals surface area contributed by atoms with Crippen LogP contribution in [0.3, 0.4) is 0 Å². The van der Waals surface area contributed by atoms with E-state index in [1.807, 2.05) is 0 Å². The third kappa shape index (κ3) is 19.2. The standard InChI is InChI=1S/C20H39NO2/c1-2-3-4-5-6-7-8-9-10-11-12-13-14-15-16-17-18-19-20(22)21-23/h2-19H2,1H3. The molecule has 3 nitrogen and oxygen atoms in total. The molecule has 0 aromatic carbocycles. The maximum atomic E-state index is 10.7. The number of hydrogen-bond donors (Lipinski definition) is 0. The topological polar surface area (TPSA) is 46.5 Å². The molecule has 0 spiro atoms. The molecular weight excluding hydrogens is 286 g/mol. The largest absolute Gasteiger partial charge is 0.286 e. The average Bonchev–Trinajstić information content (AvgIpc) is 2.57. The molecule has 0 aromatic rings. The molecule has 136 valence electrons. The van der Waals surface area contributed by atoms with E-state index >= 15 is 0 Å². The summed E-state index contributed by atoms with van der Waals surface area (Å²) in [7, 11) is 0. The molecule has 0 radical (unpaired) electrons. The van der Waals surface area contributed by atoms with Gasteiger partial charge in [0.2, 0.25) is 0 Å². The molecule has 0 fully saturated rings. The number of nitrogens with zero attached hydrogens (tertiary/aromatic N) is 1. The van der Waals surface area contributed by atoms with E-state index in [1.165, 1.54) is 96.3 Å². The quantitative estimate of drug-likeness (QED) is 0.196. The Kier molecular flexibility index (Phi) is 18.7. The summed E-state index contributed by atoms with van der Waals surface area (Å²) in [4.78, 5) is 20.6. The fourth-order valence-corrected chi connectivity index (χ4v) is 3.05. The summed E-state index contributed by atoms with van der Waals surface area (Å²) in [5, 5.41) is 2.41. The Bertz CT molecular complexity index is 266. The lowest BCUT2D eigenvalue weighted by Gasteiger charge is -2.03. The van der Waals surface area contributed by atoms with E-state index in [9.17, 15) is 9.70 Å². The van der Waals surface area contributed by atoms with Crippen molar-refractivity contribution >= 4 is 5.91 Å². The van der Waals surface area contributed by atoms with Crippen molar-refractivity contribution in [2.45, 2.75) is 122 Å². The maximum absolute atomic E-state index is 10.7. The first-order chi connectivity index (χ1) is 11.3. The van der Waals surface area contributed by atoms with Crippen molar-refractivity contribution in [3.63, 3.8) is 0 Å². The molecule has 0 saturated carbocycles. The average molecular weight is 326 g/mol. The summed E-state index contributed by atoms with van der Waals surface area (Å²) in [5.41, 5.74) is 0. The second-order valence-electron chi connectivity index (χ2n) is 6.89. The van der Waals surface area contributed by atoms with Gasteiger partial charge in [0.25, 0.3) is 5.91 Å². The van der Waals surface area contributed by atoms with Gasteiger partial charge in [-0.25, -0.2) is 0 Å². The molecule has 1 amide bonds. The van der Waals surface area contributed by atoms with Gasteiger partial charge in [-0.3, -0.25) is 4.79 Å². The van der Waals surface area contributed by atoms with Gasteiger partial charge in [0.05, 0.1) is 0 Å². The van der Waals surface area contributed by atoms with Crippen LogP contribution >= 0.6 is 0 Å². The molecule has 0 atom stereocenters. The number of unbranched alkanes of at least 4 members (excludes halogenated alkanes) is 16. The third-order valence-electron chi connectivity index (χ3n) is 4.60. The van der Waals surface area contributed by atoms with E-state index < -0.39 is 5.91 Å². The van der Waals surface area contributed by atoms with Gasteiger partial charge in [-0.1, -0.05) is 110 Å². The predicted molar refractivity (Wildman–Crippen MR) is 99.6 cm³/mol. The summed E-state index contributed by atoms with van der Waals surface area (Å²) in [6.45, 7) is 2.27. The van der Waals surface area contributed by atoms with Crippen molar-refractivity contribution in [3.05, 3.63) is 4.91 Å². The van der Waals surface area contributed by atoms with Gasteiger partial charge < -0.3 is 0 Å². The zero-order valence-electron chi connectivity index (χ0n) is 15.5. The van der Waals surface area contributed by atoms with E-state index in [0.29, 0.717) is 6.42 Å². The Hall–Kier alpha value is -0.730. The number of nitroso groups, excluding NO2 is 1.